The van der Waals surface area contributed by atoms with Gasteiger partial charge >= 0.3 is 0 Å². The van der Waals surface area contributed by atoms with Gasteiger partial charge in [0, 0.05) is 20.6 Å². The van der Waals surface area contributed by atoms with Crippen LogP contribution < -0.4 is 0 Å². The summed E-state index contributed by atoms with van der Waals surface area (Å²) in [6, 6.07) is 56.5. The third-order valence-electron chi connectivity index (χ3n) is 9.63. The molecule has 0 saturated carbocycles. The van der Waals surface area contributed by atoms with Crippen LogP contribution in [0.15, 0.2) is 161 Å². The van der Waals surface area contributed by atoms with E-state index >= 15 is 0 Å². The van der Waals surface area contributed by atoms with Gasteiger partial charge in [-0.25, -0.2) is 0 Å². The Hall–Kier alpha value is -5.05. The molecule has 0 aliphatic carbocycles. The van der Waals surface area contributed by atoms with Gasteiger partial charge in [0.2, 0.25) is 0 Å². The fraction of sp³-hybridized carbons (Fsp3) is 0.0244. The SMILES string of the molecule is c1ccc2c(c1)Sc1c(-c3ccc4ccccc4c3)cccc1C21c2ccccc2-n2c3ccccc3c3cccc1c32. The Morgan fingerprint density at radius 3 is 2.14 bits per heavy atom. The van der Waals surface area contributed by atoms with Crippen LogP contribution in [0, 0.1) is 0 Å². The molecule has 0 saturated heterocycles. The smallest absolute Gasteiger partial charge is 0.0764 e. The highest BCUT2D eigenvalue weighted by Gasteiger charge is 2.49. The van der Waals surface area contributed by atoms with Gasteiger partial charge in [0.1, 0.15) is 0 Å². The lowest BCUT2D eigenvalue weighted by molar-refractivity contribution is 0.690. The molecule has 43 heavy (non-hydrogen) atoms. The molecular weight excluding hydrogens is 539 g/mol. The molecular formula is C41H25NS. The van der Waals surface area contributed by atoms with Crippen LogP contribution in [0.3, 0.4) is 0 Å². The zero-order valence-electron chi connectivity index (χ0n) is 23.3. The molecule has 200 valence electrons. The van der Waals surface area contributed by atoms with Gasteiger partial charge in [0.05, 0.1) is 22.1 Å². The van der Waals surface area contributed by atoms with Crippen molar-refractivity contribution in [1.29, 1.82) is 0 Å². The highest BCUT2D eigenvalue weighted by Crippen LogP contribution is 2.61. The van der Waals surface area contributed by atoms with Crippen LogP contribution >= 0.6 is 11.8 Å². The first-order chi connectivity index (χ1) is 21.3. The van der Waals surface area contributed by atoms with Crippen molar-refractivity contribution in [2.45, 2.75) is 15.2 Å². The minimum Gasteiger partial charge on any atom is -0.309 e. The lowest BCUT2D eigenvalue weighted by Gasteiger charge is -2.45. The van der Waals surface area contributed by atoms with E-state index in [0.717, 1.165) is 0 Å². The zero-order chi connectivity index (χ0) is 28.1. The van der Waals surface area contributed by atoms with Crippen molar-refractivity contribution in [2.24, 2.45) is 0 Å². The van der Waals surface area contributed by atoms with E-state index in [1.807, 2.05) is 11.8 Å². The van der Waals surface area contributed by atoms with E-state index in [0.29, 0.717) is 0 Å². The minimum absolute atomic E-state index is 0.454. The van der Waals surface area contributed by atoms with Crippen LogP contribution in [0.2, 0.25) is 0 Å². The molecule has 10 rings (SSSR count). The lowest BCUT2D eigenvalue weighted by Crippen LogP contribution is -2.37. The molecule has 1 nitrogen and oxygen atoms in total. The van der Waals surface area contributed by atoms with Crippen molar-refractivity contribution in [2.75, 3.05) is 0 Å². The van der Waals surface area contributed by atoms with Crippen molar-refractivity contribution >= 4 is 44.3 Å². The highest BCUT2D eigenvalue weighted by molar-refractivity contribution is 7.99. The summed E-state index contributed by atoms with van der Waals surface area (Å²) >= 11 is 1.92. The number of para-hydroxylation sites is 3. The number of hydrogen-bond acceptors (Lipinski definition) is 1. The molecule has 0 amide bonds. The molecule has 2 heteroatoms. The quantitative estimate of drug-likeness (QED) is 0.192. The first-order valence-electron chi connectivity index (χ1n) is 14.9. The van der Waals surface area contributed by atoms with Crippen molar-refractivity contribution < 1.29 is 0 Å². The van der Waals surface area contributed by atoms with Gasteiger partial charge < -0.3 is 4.57 Å². The average molecular weight is 564 g/mol. The summed E-state index contributed by atoms with van der Waals surface area (Å²) in [7, 11) is 0. The van der Waals surface area contributed by atoms with Crippen LogP contribution in [0.5, 0.6) is 0 Å². The molecule has 1 atom stereocenters. The van der Waals surface area contributed by atoms with Crippen molar-refractivity contribution in [3.63, 3.8) is 0 Å². The summed E-state index contributed by atoms with van der Waals surface area (Å²) in [6.45, 7) is 0. The van der Waals surface area contributed by atoms with Gasteiger partial charge in [-0.3, -0.25) is 0 Å². The second-order valence-corrected chi connectivity index (χ2v) is 12.7. The van der Waals surface area contributed by atoms with E-state index in [2.05, 4.69) is 156 Å². The molecule has 1 spiro atoms. The molecule has 2 aliphatic rings. The van der Waals surface area contributed by atoms with Gasteiger partial charge in [-0.05, 0) is 68.4 Å². The van der Waals surface area contributed by atoms with Gasteiger partial charge in [-0.2, -0.15) is 0 Å². The number of rotatable bonds is 1. The third kappa shape index (κ3) is 2.94. The van der Waals surface area contributed by atoms with Crippen molar-refractivity contribution in [3.05, 3.63) is 174 Å². The van der Waals surface area contributed by atoms with Crippen LogP contribution in [-0.4, -0.2) is 4.57 Å². The molecule has 1 unspecified atom stereocenters. The fourth-order valence-electron chi connectivity index (χ4n) is 7.93. The molecule has 0 fully saturated rings. The zero-order valence-corrected chi connectivity index (χ0v) is 24.1. The van der Waals surface area contributed by atoms with E-state index < -0.39 is 5.41 Å². The molecule has 7 aromatic carbocycles. The lowest BCUT2D eigenvalue weighted by atomic mass is 9.62. The van der Waals surface area contributed by atoms with Crippen LogP contribution in [-0.2, 0) is 5.41 Å². The van der Waals surface area contributed by atoms with Crippen LogP contribution in [0.25, 0.3) is 49.4 Å². The van der Waals surface area contributed by atoms with Gasteiger partial charge in [-0.1, -0.05) is 139 Å². The van der Waals surface area contributed by atoms with Gasteiger partial charge in [0.15, 0.2) is 0 Å². The minimum atomic E-state index is -0.454. The molecule has 8 aromatic rings. The molecule has 2 aliphatic heterocycles. The number of nitrogens with zero attached hydrogens (tertiary/aromatic N) is 1. The maximum absolute atomic E-state index is 2.51. The van der Waals surface area contributed by atoms with E-state index in [-0.39, 0.29) is 0 Å². The largest absolute Gasteiger partial charge is 0.309 e. The summed E-state index contributed by atoms with van der Waals surface area (Å²) < 4.78 is 2.51. The van der Waals surface area contributed by atoms with Crippen LogP contribution in [0.1, 0.15) is 22.3 Å². The first-order valence-corrected chi connectivity index (χ1v) is 15.7. The summed E-state index contributed by atoms with van der Waals surface area (Å²) in [6.07, 6.45) is 0. The summed E-state index contributed by atoms with van der Waals surface area (Å²) in [5, 5.41) is 5.15. The van der Waals surface area contributed by atoms with Gasteiger partial charge in [0.25, 0.3) is 0 Å². The maximum Gasteiger partial charge on any atom is 0.0764 e. The molecule has 1 aromatic heterocycles. The maximum atomic E-state index is 2.51. The summed E-state index contributed by atoms with van der Waals surface area (Å²) in [5.41, 5.74) is 11.3. The standard InChI is InChI=1S/C41H25NS/c1-2-12-27-25-28(24-23-26(27)11-1)29-14-9-19-35-40(29)43-38-22-8-5-17-33(38)41(35)32-16-4-7-21-37(32)42-36-20-6-3-13-30(36)31-15-10-18-34(41)39(31)42/h1-25H. The van der Waals surface area contributed by atoms with Gasteiger partial charge in [-0.15, -0.1) is 0 Å². The monoisotopic (exact) mass is 563 g/mol. The van der Waals surface area contributed by atoms with E-state index in [4.69, 9.17) is 0 Å². The Kier molecular flexibility index (Phi) is 4.65. The van der Waals surface area contributed by atoms with Crippen molar-refractivity contribution in [3.8, 4) is 16.8 Å². The first kappa shape index (κ1) is 23.5. The van der Waals surface area contributed by atoms with E-state index in [1.54, 1.807) is 0 Å². The molecule has 0 N–H and O–H groups in total. The third-order valence-corrected chi connectivity index (χ3v) is 10.9. The average Bonchev–Trinajstić information content (AvgIpc) is 3.41. The number of benzene rings is 7. The molecule has 3 heterocycles. The second-order valence-electron chi connectivity index (χ2n) is 11.7. The van der Waals surface area contributed by atoms with E-state index in [1.165, 1.54) is 81.4 Å². The Morgan fingerprint density at radius 1 is 0.488 bits per heavy atom. The Labute approximate surface area is 254 Å². The Bertz CT molecular complexity index is 2450. The van der Waals surface area contributed by atoms with E-state index in [9.17, 15) is 0 Å². The predicted molar refractivity (Wildman–Crippen MR) is 180 cm³/mol. The molecule has 0 bridgehead atoms. The number of fused-ring (bicyclic) bond motifs is 12. The van der Waals surface area contributed by atoms with Crippen molar-refractivity contribution in [1.82, 2.24) is 4.57 Å². The summed E-state index contributed by atoms with van der Waals surface area (Å²) in [4.78, 5) is 2.66. The number of aromatic nitrogens is 1. The topological polar surface area (TPSA) is 4.93 Å². The molecule has 0 radical (unpaired) electrons. The summed E-state index contributed by atoms with van der Waals surface area (Å²) in [5.74, 6) is 0. The second kappa shape index (κ2) is 8.50. The number of hydrogen-bond donors (Lipinski definition) is 0. The normalized spacial score (nSPS) is 16.4. The fourth-order valence-corrected chi connectivity index (χ4v) is 9.25. The highest BCUT2D eigenvalue weighted by atomic mass is 32.2. The Morgan fingerprint density at radius 2 is 1.19 bits per heavy atom. The predicted octanol–water partition coefficient (Wildman–Crippen LogP) is 10.8. The van der Waals surface area contributed by atoms with Crippen LogP contribution in [0.4, 0.5) is 0 Å². The Balaban J connectivity index is 1.39.